The Hall–Kier alpha value is -2.02. The Morgan fingerprint density at radius 3 is 2.59 bits per heavy atom. The standard InChI is InChI=1S/C15H19F2N3O2/c1-20(14(22)10-6-7-10)12-5-3-2-4-11(12)13(21)19-9-15(16,17)8-18/h2-5,10H,6-9,18H2,1H3,(H,19,21). The molecule has 2 amide bonds. The van der Waals surface area contributed by atoms with Gasteiger partial charge >= 0.3 is 0 Å². The number of halogens is 2. The number of carbonyl (C=O) groups excluding carboxylic acids is 2. The van der Waals surface area contributed by atoms with Crippen LogP contribution in [0.5, 0.6) is 0 Å². The predicted octanol–water partition coefficient (Wildman–Crippen LogP) is 1.38. The summed E-state index contributed by atoms with van der Waals surface area (Å²) in [6.07, 6.45) is 1.69. The van der Waals surface area contributed by atoms with Crippen molar-refractivity contribution in [1.82, 2.24) is 5.32 Å². The molecule has 1 fully saturated rings. The minimum Gasteiger partial charge on any atom is -0.346 e. The van der Waals surface area contributed by atoms with Crippen LogP contribution in [-0.2, 0) is 4.79 Å². The lowest BCUT2D eigenvalue weighted by Gasteiger charge is -2.21. The Kier molecular flexibility index (Phi) is 4.75. The molecule has 5 nitrogen and oxygen atoms in total. The van der Waals surface area contributed by atoms with Crippen LogP contribution in [0.1, 0.15) is 23.2 Å². The molecule has 1 saturated carbocycles. The van der Waals surface area contributed by atoms with Crippen molar-refractivity contribution in [3.05, 3.63) is 29.8 Å². The van der Waals surface area contributed by atoms with Gasteiger partial charge in [-0.15, -0.1) is 0 Å². The monoisotopic (exact) mass is 311 g/mol. The van der Waals surface area contributed by atoms with E-state index in [1.54, 1.807) is 25.2 Å². The average Bonchev–Trinajstić information content (AvgIpc) is 3.36. The summed E-state index contributed by atoms with van der Waals surface area (Å²) in [6, 6.07) is 6.43. The van der Waals surface area contributed by atoms with Crippen molar-refractivity contribution in [2.75, 3.05) is 25.0 Å². The molecular weight excluding hydrogens is 292 g/mol. The van der Waals surface area contributed by atoms with Gasteiger partial charge in [-0.3, -0.25) is 9.59 Å². The van der Waals surface area contributed by atoms with Gasteiger partial charge in [0.2, 0.25) is 5.91 Å². The Bertz CT molecular complexity index is 574. The van der Waals surface area contributed by atoms with Gasteiger partial charge in [0.25, 0.3) is 11.8 Å². The molecule has 0 unspecified atom stereocenters. The summed E-state index contributed by atoms with van der Waals surface area (Å²) < 4.78 is 26.3. The van der Waals surface area contributed by atoms with Crippen molar-refractivity contribution in [1.29, 1.82) is 0 Å². The molecule has 0 radical (unpaired) electrons. The highest BCUT2D eigenvalue weighted by atomic mass is 19.3. The number of hydrogen-bond donors (Lipinski definition) is 2. The Balaban J connectivity index is 2.13. The smallest absolute Gasteiger partial charge is 0.277 e. The van der Waals surface area contributed by atoms with Crippen molar-refractivity contribution in [3.63, 3.8) is 0 Å². The molecule has 0 heterocycles. The number of anilines is 1. The van der Waals surface area contributed by atoms with Gasteiger partial charge in [0, 0.05) is 13.0 Å². The molecule has 0 atom stereocenters. The van der Waals surface area contributed by atoms with E-state index in [4.69, 9.17) is 5.73 Å². The number of amides is 2. The third-order valence-corrected chi connectivity index (χ3v) is 3.57. The van der Waals surface area contributed by atoms with E-state index in [1.165, 1.54) is 11.0 Å². The van der Waals surface area contributed by atoms with Gasteiger partial charge in [0.1, 0.15) is 0 Å². The number of nitrogens with zero attached hydrogens (tertiary/aromatic N) is 1. The van der Waals surface area contributed by atoms with Crippen LogP contribution in [-0.4, -0.2) is 37.9 Å². The number of nitrogens with two attached hydrogens (primary N) is 1. The number of carbonyl (C=O) groups is 2. The summed E-state index contributed by atoms with van der Waals surface area (Å²) in [5, 5.41) is 2.16. The van der Waals surface area contributed by atoms with Crippen molar-refractivity contribution >= 4 is 17.5 Å². The van der Waals surface area contributed by atoms with Crippen LogP contribution < -0.4 is 16.0 Å². The van der Waals surface area contributed by atoms with Crippen molar-refractivity contribution in [2.45, 2.75) is 18.8 Å². The topological polar surface area (TPSA) is 75.4 Å². The summed E-state index contributed by atoms with van der Waals surface area (Å²) in [4.78, 5) is 25.6. The van der Waals surface area contributed by atoms with Crippen LogP contribution in [0.15, 0.2) is 24.3 Å². The van der Waals surface area contributed by atoms with E-state index in [-0.39, 0.29) is 17.4 Å². The van der Waals surface area contributed by atoms with Crippen molar-refractivity contribution in [2.24, 2.45) is 11.7 Å². The molecule has 1 aromatic carbocycles. The molecule has 0 bridgehead atoms. The fourth-order valence-electron chi connectivity index (χ4n) is 2.06. The van der Waals surface area contributed by atoms with Gasteiger partial charge in [-0.25, -0.2) is 8.78 Å². The first-order valence-electron chi connectivity index (χ1n) is 7.08. The maximum atomic E-state index is 13.1. The van der Waals surface area contributed by atoms with E-state index in [0.717, 1.165) is 12.8 Å². The largest absolute Gasteiger partial charge is 0.346 e. The minimum absolute atomic E-state index is 0.00249. The van der Waals surface area contributed by atoms with Gasteiger partial charge in [0.05, 0.1) is 24.3 Å². The van der Waals surface area contributed by atoms with Crippen LogP contribution in [0, 0.1) is 5.92 Å². The van der Waals surface area contributed by atoms with E-state index in [0.29, 0.717) is 5.69 Å². The lowest BCUT2D eigenvalue weighted by molar-refractivity contribution is -0.119. The second-order valence-electron chi connectivity index (χ2n) is 5.43. The van der Waals surface area contributed by atoms with Gasteiger partial charge < -0.3 is 16.0 Å². The van der Waals surface area contributed by atoms with Crippen LogP contribution in [0.25, 0.3) is 0 Å². The molecule has 0 aromatic heterocycles. The van der Waals surface area contributed by atoms with Gasteiger partial charge in [-0.2, -0.15) is 0 Å². The SMILES string of the molecule is CN(C(=O)C1CC1)c1ccccc1C(=O)NCC(F)(F)CN. The molecule has 22 heavy (non-hydrogen) atoms. The quantitative estimate of drug-likeness (QED) is 0.833. The summed E-state index contributed by atoms with van der Waals surface area (Å²) in [6.45, 7) is -1.67. The number of rotatable bonds is 6. The third kappa shape index (κ3) is 3.79. The van der Waals surface area contributed by atoms with E-state index in [9.17, 15) is 18.4 Å². The molecule has 3 N–H and O–H groups in total. The first-order valence-corrected chi connectivity index (χ1v) is 7.08. The molecule has 0 spiro atoms. The van der Waals surface area contributed by atoms with Crippen LogP contribution in [0.3, 0.4) is 0 Å². The number of para-hydroxylation sites is 1. The van der Waals surface area contributed by atoms with E-state index in [1.807, 2.05) is 0 Å². The normalized spacial score (nSPS) is 14.5. The Morgan fingerprint density at radius 1 is 1.36 bits per heavy atom. The highest BCUT2D eigenvalue weighted by Gasteiger charge is 2.34. The Labute approximate surface area is 127 Å². The first-order chi connectivity index (χ1) is 10.4. The average molecular weight is 311 g/mol. The van der Waals surface area contributed by atoms with Gasteiger partial charge in [-0.1, -0.05) is 12.1 Å². The zero-order chi connectivity index (χ0) is 16.3. The number of benzene rings is 1. The van der Waals surface area contributed by atoms with Crippen molar-refractivity contribution in [3.8, 4) is 0 Å². The van der Waals surface area contributed by atoms with E-state index >= 15 is 0 Å². The van der Waals surface area contributed by atoms with E-state index < -0.39 is 24.9 Å². The van der Waals surface area contributed by atoms with Crippen LogP contribution in [0.4, 0.5) is 14.5 Å². The fourth-order valence-corrected chi connectivity index (χ4v) is 2.06. The predicted molar refractivity (Wildman–Crippen MR) is 78.9 cm³/mol. The lowest BCUT2D eigenvalue weighted by atomic mass is 10.1. The second-order valence-corrected chi connectivity index (χ2v) is 5.43. The minimum atomic E-state index is -3.15. The molecule has 1 aliphatic carbocycles. The number of alkyl halides is 2. The molecule has 2 rings (SSSR count). The molecule has 0 aliphatic heterocycles. The maximum absolute atomic E-state index is 13.1. The highest BCUT2D eigenvalue weighted by molar-refractivity contribution is 6.05. The summed E-state index contributed by atoms with van der Waals surface area (Å²) in [5.41, 5.74) is 5.53. The maximum Gasteiger partial charge on any atom is 0.277 e. The lowest BCUT2D eigenvalue weighted by Crippen LogP contribution is -2.42. The van der Waals surface area contributed by atoms with Crippen LogP contribution in [0.2, 0.25) is 0 Å². The van der Waals surface area contributed by atoms with Gasteiger partial charge in [-0.05, 0) is 25.0 Å². The molecule has 1 aliphatic rings. The first kappa shape index (κ1) is 16.4. The molecular formula is C15H19F2N3O2. The second kappa shape index (κ2) is 6.39. The molecule has 7 heteroatoms. The van der Waals surface area contributed by atoms with Crippen LogP contribution >= 0.6 is 0 Å². The fraction of sp³-hybridized carbons (Fsp3) is 0.467. The van der Waals surface area contributed by atoms with Gasteiger partial charge in [0.15, 0.2) is 0 Å². The Morgan fingerprint density at radius 2 is 2.00 bits per heavy atom. The van der Waals surface area contributed by atoms with Crippen molar-refractivity contribution < 1.29 is 18.4 Å². The summed E-state index contributed by atoms with van der Waals surface area (Å²) >= 11 is 0. The summed E-state index contributed by atoms with van der Waals surface area (Å²) in [5.74, 6) is -3.87. The zero-order valence-corrected chi connectivity index (χ0v) is 12.3. The third-order valence-electron chi connectivity index (χ3n) is 3.57. The van der Waals surface area contributed by atoms with E-state index in [2.05, 4.69) is 5.32 Å². The molecule has 1 aromatic rings. The highest BCUT2D eigenvalue weighted by Crippen LogP contribution is 2.33. The number of hydrogen-bond acceptors (Lipinski definition) is 3. The number of nitrogens with one attached hydrogen (secondary N) is 1. The summed E-state index contributed by atoms with van der Waals surface area (Å²) in [7, 11) is 1.58. The molecule has 120 valence electrons. The molecule has 0 saturated heterocycles. The zero-order valence-electron chi connectivity index (χ0n) is 12.3.